The van der Waals surface area contributed by atoms with Gasteiger partial charge in [-0.1, -0.05) is 23.2 Å². The second kappa shape index (κ2) is 6.32. The minimum absolute atomic E-state index is 0.258. The molecule has 0 saturated carbocycles. The van der Waals surface area contributed by atoms with E-state index in [4.69, 9.17) is 23.2 Å². The largest absolute Gasteiger partial charge is 0.315 e. The molecule has 0 aliphatic heterocycles. The van der Waals surface area contributed by atoms with Gasteiger partial charge in [0.05, 0.1) is 15.7 Å². The topological polar surface area (TPSA) is 58.2 Å². The first-order valence-corrected chi connectivity index (χ1v) is 8.69. The van der Waals surface area contributed by atoms with E-state index in [1.54, 1.807) is 24.3 Å². The van der Waals surface area contributed by atoms with E-state index in [1.807, 2.05) is 7.05 Å². The molecule has 4 nitrogen and oxygen atoms in total. The zero-order valence-electron chi connectivity index (χ0n) is 10.5. The van der Waals surface area contributed by atoms with Crippen LogP contribution in [-0.4, -0.2) is 15.5 Å². The third kappa shape index (κ3) is 3.65. The van der Waals surface area contributed by atoms with Gasteiger partial charge in [0, 0.05) is 11.4 Å². The van der Waals surface area contributed by atoms with Crippen LogP contribution in [0.4, 0.5) is 5.69 Å². The molecule has 0 aliphatic carbocycles. The Hall–Kier alpha value is -0.790. The van der Waals surface area contributed by atoms with Crippen molar-refractivity contribution in [2.24, 2.45) is 0 Å². The molecule has 0 atom stereocenters. The van der Waals surface area contributed by atoms with Crippen LogP contribution in [0.1, 0.15) is 4.88 Å². The van der Waals surface area contributed by atoms with Gasteiger partial charge in [0.2, 0.25) is 0 Å². The lowest BCUT2D eigenvalue weighted by atomic mass is 10.3. The molecule has 108 valence electrons. The van der Waals surface area contributed by atoms with Gasteiger partial charge >= 0.3 is 0 Å². The molecule has 20 heavy (non-hydrogen) atoms. The summed E-state index contributed by atoms with van der Waals surface area (Å²) in [5.74, 6) is 0. The maximum absolute atomic E-state index is 12.2. The van der Waals surface area contributed by atoms with Gasteiger partial charge in [0.15, 0.2) is 0 Å². The van der Waals surface area contributed by atoms with Crippen molar-refractivity contribution in [2.75, 3.05) is 11.8 Å². The number of hydrogen-bond acceptors (Lipinski definition) is 4. The molecule has 8 heteroatoms. The predicted molar refractivity (Wildman–Crippen MR) is 84.4 cm³/mol. The highest BCUT2D eigenvalue weighted by Gasteiger charge is 2.17. The predicted octanol–water partition coefficient (Wildman–Crippen LogP) is 3.58. The molecule has 0 unspecified atom stereocenters. The molecule has 0 radical (unpaired) electrons. The maximum atomic E-state index is 12.2. The highest BCUT2D eigenvalue weighted by atomic mass is 35.5. The monoisotopic (exact) mass is 350 g/mol. The number of nitrogens with one attached hydrogen (secondary N) is 2. The Morgan fingerprint density at radius 2 is 1.90 bits per heavy atom. The van der Waals surface area contributed by atoms with Crippen LogP contribution in [0.25, 0.3) is 0 Å². The van der Waals surface area contributed by atoms with Crippen LogP contribution >= 0.6 is 34.5 Å². The summed E-state index contributed by atoms with van der Waals surface area (Å²) in [6.45, 7) is 0.632. The van der Waals surface area contributed by atoms with E-state index < -0.39 is 10.0 Å². The third-order valence-electron chi connectivity index (χ3n) is 2.42. The SMILES string of the molecule is CNCc1ccc(S(=O)(=O)Nc2ccc(Cl)c(Cl)c2)s1. The summed E-state index contributed by atoms with van der Waals surface area (Å²) in [6, 6.07) is 7.95. The molecular formula is C12H12Cl2N2O2S2. The molecule has 1 aromatic heterocycles. The van der Waals surface area contributed by atoms with E-state index in [1.165, 1.54) is 17.4 Å². The van der Waals surface area contributed by atoms with Crippen LogP contribution in [-0.2, 0) is 16.6 Å². The Kier molecular flexibility index (Phi) is 4.93. The highest BCUT2D eigenvalue weighted by Crippen LogP contribution is 2.28. The molecule has 0 spiro atoms. The van der Waals surface area contributed by atoms with E-state index in [0.29, 0.717) is 22.3 Å². The minimum atomic E-state index is -3.60. The average Bonchev–Trinajstić information content (AvgIpc) is 2.83. The zero-order chi connectivity index (χ0) is 14.8. The average molecular weight is 351 g/mol. The van der Waals surface area contributed by atoms with Crippen molar-refractivity contribution in [1.29, 1.82) is 0 Å². The smallest absolute Gasteiger partial charge is 0.271 e. The highest BCUT2D eigenvalue weighted by molar-refractivity contribution is 7.94. The van der Waals surface area contributed by atoms with Crippen molar-refractivity contribution in [1.82, 2.24) is 5.32 Å². The van der Waals surface area contributed by atoms with Gasteiger partial charge in [0.1, 0.15) is 4.21 Å². The molecular weight excluding hydrogens is 339 g/mol. The summed E-state index contributed by atoms with van der Waals surface area (Å²) in [4.78, 5) is 0.946. The number of benzene rings is 1. The van der Waals surface area contributed by atoms with Crippen LogP contribution in [0.15, 0.2) is 34.5 Å². The lowest BCUT2D eigenvalue weighted by Gasteiger charge is -2.07. The van der Waals surface area contributed by atoms with Crippen LogP contribution in [0.3, 0.4) is 0 Å². The number of sulfonamides is 1. The first-order chi connectivity index (χ1) is 9.42. The number of halogens is 2. The molecule has 0 amide bonds. The minimum Gasteiger partial charge on any atom is -0.315 e. The fraction of sp³-hybridized carbons (Fsp3) is 0.167. The van der Waals surface area contributed by atoms with Gasteiger partial charge in [-0.05, 0) is 37.4 Å². The van der Waals surface area contributed by atoms with E-state index in [-0.39, 0.29) is 4.21 Å². The van der Waals surface area contributed by atoms with Crippen LogP contribution < -0.4 is 10.0 Å². The van der Waals surface area contributed by atoms with Gasteiger partial charge < -0.3 is 5.32 Å². The van der Waals surface area contributed by atoms with Crippen LogP contribution in [0, 0.1) is 0 Å². The second-order valence-corrected chi connectivity index (χ2v) is 7.88. The molecule has 2 rings (SSSR count). The molecule has 2 N–H and O–H groups in total. The third-order valence-corrected chi connectivity index (χ3v) is 6.12. The lowest BCUT2D eigenvalue weighted by Crippen LogP contribution is -2.11. The number of anilines is 1. The Balaban J connectivity index is 2.23. The molecule has 1 aromatic carbocycles. The van der Waals surface area contributed by atoms with Crippen molar-refractivity contribution in [3.63, 3.8) is 0 Å². The summed E-state index contributed by atoms with van der Waals surface area (Å²) in [6.07, 6.45) is 0. The summed E-state index contributed by atoms with van der Waals surface area (Å²) in [7, 11) is -1.79. The van der Waals surface area contributed by atoms with E-state index in [0.717, 1.165) is 4.88 Å². The number of rotatable bonds is 5. The van der Waals surface area contributed by atoms with Crippen molar-refractivity contribution < 1.29 is 8.42 Å². The molecule has 2 aromatic rings. The van der Waals surface area contributed by atoms with Gasteiger partial charge in [-0.2, -0.15) is 0 Å². The zero-order valence-corrected chi connectivity index (χ0v) is 13.6. The fourth-order valence-electron chi connectivity index (χ4n) is 1.54. The number of thiophene rings is 1. The van der Waals surface area contributed by atoms with E-state index in [9.17, 15) is 8.42 Å². The van der Waals surface area contributed by atoms with Crippen molar-refractivity contribution in [3.8, 4) is 0 Å². The van der Waals surface area contributed by atoms with Gasteiger partial charge in [-0.25, -0.2) is 8.42 Å². The normalized spacial score (nSPS) is 11.6. The second-order valence-electron chi connectivity index (χ2n) is 3.99. The molecule has 0 aliphatic rings. The quantitative estimate of drug-likeness (QED) is 0.866. The molecule has 0 bridgehead atoms. The van der Waals surface area contributed by atoms with Crippen molar-refractivity contribution in [3.05, 3.63) is 45.3 Å². The van der Waals surface area contributed by atoms with Gasteiger partial charge in [-0.15, -0.1) is 11.3 Å². The van der Waals surface area contributed by atoms with E-state index in [2.05, 4.69) is 10.0 Å². The standard InChI is InChI=1S/C12H12Cl2N2O2S2/c1-15-7-9-3-5-12(19-9)20(17,18)16-8-2-4-10(13)11(14)6-8/h2-6,15-16H,7H2,1H3. The lowest BCUT2D eigenvalue weighted by molar-refractivity contribution is 0.603. The van der Waals surface area contributed by atoms with E-state index >= 15 is 0 Å². The number of hydrogen-bond donors (Lipinski definition) is 2. The molecule has 0 fully saturated rings. The van der Waals surface area contributed by atoms with Gasteiger partial charge in [0.25, 0.3) is 10.0 Å². The summed E-state index contributed by atoms with van der Waals surface area (Å²) in [5, 5.41) is 3.65. The summed E-state index contributed by atoms with van der Waals surface area (Å²) >= 11 is 12.9. The summed E-state index contributed by atoms with van der Waals surface area (Å²) in [5.41, 5.74) is 0.378. The Bertz CT molecular complexity index is 714. The Labute approximate surface area is 131 Å². The first kappa shape index (κ1) is 15.6. The van der Waals surface area contributed by atoms with Crippen molar-refractivity contribution >= 4 is 50.2 Å². The summed E-state index contributed by atoms with van der Waals surface area (Å²) < 4.78 is 27.2. The molecule has 1 heterocycles. The first-order valence-electron chi connectivity index (χ1n) is 5.63. The molecule has 0 saturated heterocycles. The Morgan fingerprint density at radius 1 is 1.15 bits per heavy atom. The van der Waals surface area contributed by atoms with Crippen LogP contribution in [0.5, 0.6) is 0 Å². The maximum Gasteiger partial charge on any atom is 0.271 e. The van der Waals surface area contributed by atoms with Gasteiger partial charge in [-0.3, -0.25) is 4.72 Å². The van der Waals surface area contributed by atoms with Crippen molar-refractivity contribution in [2.45, 2.75) is 10.8 Å². The van der Waals surface area contributed by atoms with Crippen LogP contribution in [0.2, 0.25) is 10.0 Å². The fourth-order valence-corrected chi connectivity index (χ4v) is 4.25. The Morgan fingerprint density at radius 3 is 2.55 bits per heavy atom.